The Morgan fingerprint density at radius 2 is 2.08 bits per heavy atom. The van der Waals surface area contributed by atoms with E-state index < -0.39 is 6.10 Å². The molecule has 1 heterocycles. The fourth-order valence-electron chi connectivity index (χ4n) is 3.45. The van der Waals surface area contributed by atoms with Crippen molar-refractivity contribution in [1.29, 1.82) is 0 Å². The zero-order valence-corrected chi connectivity index (χ0v) is 15.1. The minimum Gasteiger partial charge on any atom is -0.391 e. The van der Waals surface area contributed by atoms with Gasteiger partial charge in [0.25, 0.3) is 5.91 Å². The number of aliphatic hydroxyl groups is 1. The molecule has 0 bridgehead atoms. The SMILES string of the molecule is Cc1onc(-c2ccccc2Cl)c1C(=O)NCC(O)C1CCCCC1. The fourth-order valence-corrected chi connectivity index (χ4v) is 3.67. The van der Waals surface area contributed by atoms with E-state index in [0.717, 1.165) is 25.7 Å². The van der Waals surface area contributed by atoms with Crippen molar-refractivity contribution < 1.29 is 14.4 Å². The third-order valence-corrected chi connectivity index (χ3v) is 5.21. The number of aromatic nitrogens is 1. The molecule has 1 saturated carbocycles. The van der Waals surface area contributed by atoms with Gasteiger partial charge in [-0.15, -0.1) is 0 Å². The van der Waals surface area contributed by atoms with Crippen LogP contribution in [-0.2, 0) is 0 Å². The van der Waals surface area contributed by atoms with Gasteiger partial charge in [0.2, 0.25) is 0 Å². The molecule has 1 unspecified atom stereocenters. The third-order valence-electron chi connectivity index (χ3n) is 4.88. The van der Waals surface area contributed by atoms with Crippen molar-refractivity contribution in [2.75, 3.05) is 6.54 Å². The molecule has 134 valence electrons. The molecular weight excluding hydrogens is 340 g/mol. The van der Waals surface area contributed by atoms with Crippen LogP contribution in [-0.4, -0.2) is 28.8 Å². The van der Waals surface area contributed by atoms with Crippen LogP contribution in [0, 0.1) is 12.8 Å². The van der Waals surface area contributed by atoms with Gasteiger partial charge in [0, 0.05) is 12.1 Å². The summed E-state index contributed by atoms with van der Waals surface area (Å²) in [5.41, 5.74) is 1.44. The molecule has 1 aromatic heterocycles. The summed E-state index contributed by atoms with van der Waals surface area (Å²) in [6.45, 7) is 1.93. The van der Waals surface area contributed by atoms with Crippen LogP contribution in [0.25, 0.3) is 11.3 Å². The van der Waals surface area contributed by atoms with E-state index in [1.54, 1.807) is 19.1 Å². The van der Waals surface area contributed by atoms with Crippen molar-refractivity contribution in [2.45, 2.75) is 45.1 Å². The van der Waals surface area contributed by atoms with Crippen molar-refractivity contribution in [3.8, 4) is 11.3 Å². The van der Waals surface area contributed by atoms with Gasteiger partial charge in [0.15, 0.2) is 0 Å². The number of carbonyl (C=O) groups excluding carboxylic acids is 1. The number of carbonyl (C=O) groups is 1. The predicted octanol–water partition coefficient (Wildman–Crippen LogP) is 3.97. The number of benzene rings is 1. The second-order valence-corrected chi connectivity index (χ2v) is 7.02. The number of rotatable bonds is 5. The molecule has 3 rings (SSSR count). The van der Waals surface area contributed by atoms with Gasteiger partial charge in [-0.3, -0.25) is 4.79 Å². The zero-order valence-electron chi connectivity index (χ0n) is 14.3. The molecule has 0 aliphatic heterocycles. The predicted molar refractivity (Wildman–Crippen MR) is 96.6 cm³/mol. The van der Waals surface area contributed by atoms with Gasteiger partial charge in [-0.25, -0.2) is 0 Å². The Labute approximate surface area is 152 Å². The maximum atomic E-state index is 12.7. The van der Waals surface area contributed by atoms with Crippen LogP contribution in [0.2, 0.25) is 5.02 Å². The van der Waals surface area contributed by atoms with Crippen LogP contribution in [0.3, 0.4) is 0 Å². The van der Waals surface area contributed by atoms with Gasteiger partial charge in [-0.1, -0.05) is 54.2 Å². The zero-order chi connectivity index (χ0) is 17.8. The lowest BCUT2D eigenvalue weighted by molar-refractivity contribution is 0.0738. The van der Waals surface area contributed by atoms with Gasteiger partial charge in [0.05, 0.1) is 11.1 Å². The maximum Gasteiger partial charge on any atom is 0.257 e. The van der Waals surface area contributed by atoms with E-state index >= 15 is 0 Å². The summed E-state index contributed by atoms with van der Waals surface area (Å²) in [6, 6.07) is 7.20. The second kappa shape index (κ2) is 8.02. The number of hydrogen-bond donors (Lipinski definition) is 2. The molecule has 1 aliphatic carbocycles. The maximum absolute atomic E-state index is 12.7. The molecule has 1 fully saturated rings. The lowest BCUT2D eigenvalue weighted by Gasteiger charge is -2.26. The number of nitrogens with one attached hydrogen (secondary N) is 1. The van der Waals surface area contributed by atoms with Crippen LogP contribution in [0.15, 0.2) is 28.8 Å². The highest BCUT2D eigenvalue weighted by molar-refractivity contribution is 6.33. The summed E-state index contributed by atoms with van der Waals surface area (Å²) in [7, 11) is 0. The number of aryl methyl sites for hydroxylation is 1. The smallest absolute Gasteiger partial charge is 0.257 e. The molecule has 2 N–H and O–H groups in total. The molecule has 1 aromatic carbocycles. The van der Waals surface area contributed by atoms with Crippen LogP contribution in [0.1, 0.15) is 48.2 Å². The van der Waals surface area contributed by atoms with E-state index in [1.807, 2.05) is 12.1 Å². The lowest BCUT2D eigenvalue weighted by atomic mass is 9.85. The number of halogens is 1. The molecule has 0 radical (unpaired) electrons. The summed E-state index contributed by atoms with van der Waals surface area (Å²) in [4.78, 5) is 12.7. The van der Waals surface area contributed by atoms with Crippen molar-refractivity contribution in [3.63, 3.8) is 0 Å². The van der Waals surface area contributed by atoms with Gasteiger partial charge in [-0.2, -0.15) is 0 Å². The quantitative estimate of drug-likeness (QED) is 0.843. The molecule has 5 nitrogen and oxygen atoms in total. The Kier molecular flexibility index (Phi) is 5.76. The highest BCUT2D eigenvalue weighted by atomic mass is 35.5. The summed E-state index contributed by atoms with van der Waals surface area (Å²) in [5, 5.41) is 17.7. The van der Waals surface area contributed by atoms with E-state index in [-0.39, 0.29) is 18.4 Å². The van der Waals surface area contributed by atoms with Crippen LogP contribution in [0.4, 0.5) is 0 Å². The Balaban J connectivity index is 1.72. The van der Waals surface area contributed by atoms with E-state index in [2.05, 4.69) is 10.5 Å². The Morgan fingerprint density at radius 1 is 1.36 bits per heavy atom. The Morgan fingerprint density at radius 3 is 2.80 bits per heavy atom. The van der Waals surface area contributed by atoms with Crippen molar-refractivity contribution in [1.82, 2.24) is 10.5 Å². The van der Waals surface area contributed by atoms with Crippen molar-refractivity contribution in [3.05, 3.63) is 40.6 Å². The first-order valence-corrected chi connectivity index (χ1v) is 9.13. The highest BCUT2D eigenvalue weighted by Crippen LogP contribution is 2.31. The molecule has 25 heavy (non-hydrogen) atoms. The normalized spacial score (nSPS) is 16.6. The number of amides is 1. The molecule has 1 atom stereocenters. The minimum absolute atomic E-state index is 0.232. The van der Waals surface area contributed by atoms with Gasteiger partial charge >= 0.3 is 0 Å². The number of aliphatic hydroxyl groups excluding tert-OH is 1. The number of hydrogen-bond acceptors (Lipinski definition) is 4. The average Bonchev–Trinajstić information content (AvgIpc) is 3.02. The minimum atomic E-state index is -0.520. The average molecular weight is 363 g/mol. The topological polar surface area (TPSA) is 75.4 Å². The molecule has 1 aliphatic rings. The van der Waals surface area contributed by atoms with Gasteiger partial charge in [0.1, 0.15) is 17.0 Å². The lowest BCUT2D eigenvalue weighted by Crippen LogP contribution is -2.37. The van der Waals surface area contributed by atoms with E-state index in [1.165, 1.54) is 6.42 Å². The van der Waals surface area contributed by atoms with Gasteiger partial charge in [-0.05, 0) is 31.7 Å². The monoisotopic (exact) mass is 362 g/mol. The highest BCUT2D eigenvalue weighted by Gasteiger charge is 2.25. The van der Waals surface area contributed by atoms with Crippen LogP contribution in [0.5, 0.6) is 0 Å². The standard InChI is InChI=1S/C19H23ClN2O3/c1-12-17(18(22-25-12)14-9-5-6-10-15(14)20)19(24)21-11-16(23)13-7-3-2-4-8-13/h5-6,9-10,13,16,23H,2-4,7-8,11H2,1H3,(H,21,24). The Hall–Kier alpha value is -1.85. The Bertz CT molecular complexity index is 738. The van der Waals surface area contributed by atoms with E-state index in [9.17, 15) is 9.90 Å². The van der Waals surface area contributed by atoms with Crippen LogP contribution < -0.4 is 5.32 Å². The fraction of sp³-hybridized carbons (Fsp3) is 0.474. The molecule has 0 spiro atoms. The molecule has 2 aromatic rings. The molecule has 0 saturated heterocycles. The summed E-state index contributed by atoms with van der Waals surface area (Å²) in [6.07, 6.45) is 5.06. The van der Waals surface area contributed by atoms with Crippen molar-refractivity contribution >= 4 is 17.5 Å². The largest absolute Gasteiger partial charge is 0.391 e. The summed E-state index contributed by atoms with van der Waals surface area (Å²) < 4.78 is 5.22. The first kappa shape index (κ1) is 18.0. The second-order valence-electron chi connectivity index (χ2n) is 6.62. The molecule has 1 amide bonds. The van der Waals surface area contributed by atoms with E-state index in [4.69, 9.17) is 16.1 Å². The van der Waals surface area contributed by atoms with Gasteiger partial charge < -0.3 is 14.9 Å². The first-order valence-electron chi connectivity index (χ1n) is 8.75. The third kappa shape index (κ3) is 4.05. The number of nitrogens with zero attached hydrogens (tertiary/aromatic N) is 1. The molecule has 6 heteroatoms. The summed E-state index contributed by atoms with van der Waals surface area (Å²) in [5.74, 6) is 0.392. The molecular formula is C19H23ClN2O3. The van der Waals surface area contributed by atoms with Crippen LogP contribution >= 0.6 is 11.6 Å². The van der Waals surface area contributed by atoms with E-state index in [0.29, 0.717) is 27.6 Å². The van der Waals surface area contributed by atoms with Crippen molar-refractivity contribution in [2.24, 2.45) is 5.92 Å². The first-order chi connectivity index (χ1) is 12.1. The summed E-state index contributed by atoms with van der Waals surface area (Å²) >= 11 is 6.22.